The summed E-state index contributed by atoms with van der Waals surface area (Å²) < 4.78 is 0. The van der Waals surface area contributed by atoms with Crippen molar-refractivity contribution in [2.75, 3.05) is 5.32 Å². The third kappa shape index (κ3) is 5.75. The van der Waals surface area contributed by atoms with Gasteiger partial charge in [0.25, 0.3) is 5.69 Å². The van der Waals surface area contributed by atoms with Gasteiger partial charge in [-0.25, -0.2) is 0 Å². The maximum atomic E-state index is 12.4. The van der Waals surface area contributed by atoms with Crippen molar-refractivity contribution in [2.45, 2.75) is 33.1 Å². The number of hydrogen-bond acceptors (Lipinski definition) is 5. The second kappa shape index (κ2) is 9.27. The third-order valence-corrected chi connectivity index (χ3v) is 4.40. The van der Waals surface area contributed by atoms with Crippen molar-refractivity contribution in [3.05, 3.63) is 63.7 Å². The summed E-state index contributed by atoms with van der Waals surface area (Å²) in [5.41, 5.74) is 2.01. The summed E-state index contributed by atoms with van der Waals surface area (Å²) in [4.78, 5) is 22.5. The van der Waals surface area contributed by atoms with Gasteiger partial charge in [0.15, 0.2) is 5.11 Å². The van der Waals surface area contributed by atoms with Crippen LogP contribution in [0.3, 0.4) is 0 Å². The molecule has 2 rings (SSSR count). The summed E-state index contributed by atoms with van der Waals surface area (Å²) in [6, 6.07) is 11.5. The van der Waals surface area contributed by atoms with Gasteiger partial charge in [-0.05, 0) is 48.7 Å². The molecule has 28 heavy (non-hydrogen) atoms. The predicted molar refractivity (Wildman–Crippen MR) is 113 cm³/mol. The lowest BCUT2D eigenvalue weighted by Crippen LogP contribution is -2.36. The first-order chi connectivity index (χ1) is 13.2. The summed E-state index contributed by atoms with van der Waals surface area (Å²) in [6.45, 7) is 6.08. The van der Waals surface area contributed by atoms with Gasteiger partial charge in [-0.1, -0.05) is 38.1 Å². The van der Waals surface area contributed by atoms with Crippen molar-refractivity contribution >= 4 is 34.6 Å². The van der Waals surface area contributed by atoms with E-state index in [4.69, 9.17) is 12.2 Å². The quantitative estimate of drug-likeness (QED) is 0.291. The summed E-state index contributed by atoms with van der Waals surface area (Å²) in [6.07, 6.45) is 0.980. The van der Waals surface area contributed by atoms with E-state index in [1.54, 1.807) is 6.92 Å². The number of benzene rings is 2. The van der Waals surface area contributed by atoms with Crippen LogP contribution in [0.4, 0.5) is 11.4 Å². The van der Waals surface area contributed by atoms with Gasteiger partial charge in [-0.3, -0.25) is 14.9 Å². The number of anilines is 1. The molecule has 2 aromatic carbocycles. The Bertz CT molecular complexity index is 882. The summed E-state index contributed by atoms with van der Waals surface area (Å²) in [5.74, 6) is -0.487. The number of nitrogens with one attached hydrogen (secondary N) is 2. The molecule has 1 atom stereocenters. The average Bonchev–Trinajstić information content (AvgIpc) is 2.62. The van der Waals surface area contributed by atoms with Crippen molar-refractivity contribution in [2.24, 2.45) is 5.92 Å². The molecule has 0 bridgehead atoms. The minimum atomic E-state index is -0.613. The molecule has 0 aliphatic heterocycles. The lowest BCUT2D eigenvalue weighted by atomic mass is 9.96. The van der Waals surface area contributed by atoms with Gasteiger partial charge in [0.2, 0.25) is 5.91 Å². The third-order valence-electron chi connectivity index (χ3n) is 4.19. The van der Waals surface area contributed by atoms with Crippen molar-refractivity contribution < 1.29 is 14.8 Å². The number of hydrogen-bond donors (Lipinski definition) is 3. The van der Waals surface area contributed by atoms with E-state index in [2.05, 4.69) is 24.5 Å². The molecule has 0 fully saturated rings. The number of rotatable bonds is 6. The zero-order valence-corrected chi connectivity index (χ0v) is 16.7. The Kier molecular flexibility index (Phi) is 7.06. The Hall–Kier alpha value is -3.00. The van der Waals surface area contributed by atoms with Crippen LogP contribution in [0, 0.1) is 16.0 Å². The molecular formula is C20H23N3O4S. The Morgan fingerprint density at radius 3 is 2.36 bits per heavy atom. The molecule has 0 aliphatic carbocycles. The van der Waals surface area contributed by atoms with Crippen molar-refractivity contribution in [3.63, 3.8) is 0 Å². The molecular weight excluding hydrogens is 378 g/mol. The first kappa shape index (κ1) is 21.3. The molecule has 7 nitrogen and oxygen atoms in total. The Labute approximate surface area is 168 Å². The molecule has 0 heterocycles. The first-order valence-corrected chi connectivity index (χ1v) is 9.26. The molecule has 148 valence electrons. The van der Waals surface area contributed by atoms with E-state index in [1.165, 1.54) is 17.7 Å². The molecule has 0 aliphatic rings. The monoisotopic (exact) mass is 401 g/mol. The van der Waals surface area contributed by atoms with Crippen LogP contribution in [0.2, 0.25) is 0 Å². The molecule has 8 heteroatoms. The van der Waals surface area contributed by atoms with Crippen LogP contribution < -0.4 is 10.6 Å². The summed E-state index contributed by atoms with van der Waals surface area (Å²) >= 11 is 5.11. The number of nitro benzene ring substituents is 1. The normalized spacial score (nSPS) is 11.7. The van der Waals surface area contributed by atoms with E-state index in [0.29, 0.717) is 5.92 Å². The largest absolute Gasteiger partial charge is 0.506 e. The van der Waals surface area contributed by atoms with E-state index < -0.39 is 10.8 Å². The lowest BCUT2D eigenvalue weighted by Gasteiger charge is -2.15. The van der Waals surface area contributed by atoms with E-state index in [-0.39, 0.29) is 28.1 Å². The van der Waals surface area contributed by atoms with Crippen LogP contribution in [0.1, 0.15) is 37.8 Å². The second-order valence-corrected chi connectivity index (χ2v) is 7.37. The first-order valence-electron chi connectivity index (χ1n) is 8.85. The Morgan fingerprint density at radius 2 is 1.82 bits per heavy atom. The Balaban J connectivity index is 1.98. The minimum absolute atomic E-state index is 0.00238. The topological polar surface area (TPSA) is 104 Å². The molecule has 3 N–H and O–H groups in total. The highest BCUT2D eigenvalue weighted by Gasteiger charge is 2.17. The van der Waals surface area contributed by atoms with Crippen LogP contribution in [0.25, 0.3) is 0 Å². The van der Waals surface area contributed by atoms with Gasteiger partial charge in [-0.2, -0.15) is 0 Å². The van der Waals surface area contributed by atoms with Gasteiger partial charge in [0, 0.05) is 6.07 Å². The number of non-ortho nitro benzene ring substituents is 1. The van der Waals surface area contributed by atoms with E-state index >= 15 is 0 Å². The number of amides is 1. The fourth-order valence-electron chi connectivity index (χ4n) is 2.68. The van der Waals surface area contributed by atoms with Crippen LogP contribution in [-0.2, 0) is 11.2 Å². The molecule has 1 amide bonds. The fraction of sp³-hybridized carbons (Fsp3) is 0.300. The molecule has 0 spiro atoms. The van der Waals surface area contributed by atoms with Crippen LogP contribution in [0.15, 0.2) is 42.5 Å². The van der Waals surface area contributed by atoms with Gasteiger partial charge < -0.3 is 15.7 Å². The van der Waals surface area contributed by atoms with Crippen molar-refractivity contribution in [1.29, 1.82) is 0 Å². The highest BCUT2D eigenvalue weighted by Crippen LogP contribution is 2.27. The van der Waals surface area contributed by atoms with Gasteiger partial charge in [-0.15, -0.1) is 0 Å². The van der Waals surface area contributed by atoms with Gasteiger partial charge in [0.05, 0.1) is 22.6 Å². The number of nitro groups is 1. The standard InChI is InChI=1S/C20H23N3O4S/c1-12(2)10-14-4-6-15(7-5-14)13(3)19(25)22-20(28)21-17-9-8-16(23(26)27)11-18(17)24/h4-9,11-13,24H,10H2,1-3H3,(H2,21,22,25,28). The smallest absolute Gasteiger partial charge is 0.273 e. The summed E-state index contributed by atoms with van der Waals surface area (Å²) in [7, 11) is 0. The molecule has 0 aromatic heterocycles. The highest BCUT2D eigenvalue weighted by molar-refractivity contribution is 7.80. The molecule has 0 saturated carbocycles. The van der Waals surface area contributed by atoms with Crippen LogP contribution in [-0.4, -0.2) is 21.0 Å². The maximum Gasteiger partial charge on any atom is 0.273 e. The number of thiocarbonyl (C=S) groups is 1. The average molecular weight is 401 g/mol. The van der Waals surface area contributed by atoms with E-state index in [0.717, 1.165) is 18.1 Å². The Morgan fingerprint density at radius 1 is 1.18 bits per heavy atom. The highest BCUT2D eigenvalue weighted by atomic mass is 32.1. The SMILES string of the molecule is CC(C)Cc1ccc(C(C)C(=O)NC(=S)Nc2ccc([N+](=O)[O-])cc2O)cc1. The maximum absolute atomic E-state index is 12.4. The zero-order chi connectivity index (χ0) is 20.8. The number of carbonyl (C=O) groups excluding carboxylic acids is 1. The second-order valence-electron chi connectivity index (χ2n) is 6.96. The van der Waals surface area contributed by atoms with Gasteiger partial charge in [0.1, 0.15) is 5.75 Å². The molecule has 0 radical (unpaired) electrons. The minimum Gasteiger partial charge on any atom is -0.506 e. The summed E-state index contributed by atoms with van der Waals surface area (Å²) in [5, 5.41) is 25.8. The molecule has 1 unspecified atom stereocenters. The fourth-order valence-corrected chi connectivity index (χ4v) is 2.89. The number of aromatic hydroxyl groups is 1. The van der Waals surface area contributed by atoms with Crippen molar-refractivity contribution in [3.8, 4) is 5.75 Å². The molecule has 2 aromatic rings. The van der Waals surface area contributed by atoms with Gasteiger partial charge >= 0.3 is 0 Å². The number of phenolic OH excluding ortho intramolecular Hbond substituents is 1. The van der Waals surface area contributed by atoms with Crippen LogP contribution >= 0.6 is 12.2 Å². The molecule has 0 saturated heterocycles. The number of phenols is 1. The predicted octanol–water partition coefficient (Wildman–Crippen LogP) is 4.12. The number of carbonyl (C=O) groups is 1. The lowest BCUT2D eigenvalue weighted by molar-refractivity contribution is -0.384. The zero-order valence-electron chi connectivity index (χ0n) is 15.9. The van der Waals surface area contributed by atoms with E-state index in [9.17, 15) is 20.0 Å². The van der Waals surface area contributed by atoms with Crippen LogP contribution in [0.5, 0.6) is 5.75 Å². The number of nitrogens with zero attached hydrogens (tertiary/aromatic N) is 1. The van der Waals surface area contributed by atoms with E-state index in [1.807, 2.05) is 24.3 Å². The van der Waals surface area contributed by atoms with Crippen molar-refractivity contribution in [1.82, 2.24) is 5.32 Å².